The number of halogens is 1. The van der Waals surface area contributed by atoms with Crippen molar-refractivity contribution in [2.45, 2.75) is 25.7 Å². The van der Waals surface area contributed by atoms with E-state index in [-0.39, 0.29) is 11.9 Å². The fraction of sp³-hybridized carbons (Fsp3) is 0.286. The second-order valence-electron chi connectivity index (χ2n) is 5.40. The van der Waals surface area contributed by atoms with E-state index >= 15 is 0 Å². The van der Waals surface area contributed by atoms with Gasteiger partial charge in [-0.3, -0.25) is 0 Å². The Bertz CT molecular complexity index is 454. The van der Waals surface area contributed by atoms with Crippen LogP contribution < -0.4 is 5.32 Å². The molecule has 0 aromatic heterocycles. The van der Waals surface area contributed by atoms with Crippen LogP contribution in [0.1, 0.15) is 11.6 Å². The van der Waals surface area contributed by atoms with Gasteiger partial charge in [0.15, 0.2) is 0 Å². The van der Waals surface area contributed by atoms with Crippen molar-refractivity contribution >= 4 is 8.07 Å². The van der Waals surface area contributed by atoms with Gasteiger partial charge in [-0.15, -0.1) is 0 Å². The molecule has 1 aromatic rings. The highest BCUT2D eigenvalue weighted by Crippen LogP contribution is 2.23. The monoisotopic (exact) mass is 247 g/mol. The van der Waals surface area contributed by atoms with Crippen LogP contribution in [0, 0.1) is 5.82 Å². The highest BCUT2D eigenvalue weighted by molar-refractivity contribution is 6.83. The van der Waals surface area contributed by atoms with Crippen molar-refractivity contribution in [3.8, 4) is 0 Å². The zero-order chi connectivity index (χ0) is 12.5. The molecule has 17 heavy (non-hydrogen) atoms. The van der Waals surface area contributed by atoms with Crippen molar-refractivity contribution in [2.75, 3.05) is 0 Å². The third-order valence-electron chi connectivity index (χ3n) is 2.98. The van der Waals surface area contributed by atoms with E-state index in [2.05, 4.69) is 43.3 Å². The van der Waals surface area contributed by atoms with Crippen LogP contribution in [-0.4, -0.2) is 8.07 Å². The number of dihydropyridines is 1. The van der Waals surface area contributed by atoms with Gasteiger partial charge in [-0.05, 0) is 29.1 Å². The van der Waals surface area contributed by atoms with Crippen molar-refractivity contribution < 1.29 is 4.39 Å². The van der Waals surface area contributed by atoms with Gasteiger partial charge in [0.25, 0.3) is 0 Å². The molecule has 1 aliphatic rings. The predicted molar refractivity (Wildman–Crippen MR) is 72.8 cm³/mol. The lowest BCUT2D eigenvalue weighted by atomic mass is 10.1. The quantitative estimate of drug-likeness (QED) is 0.784. The average Bonchev–Trinajstić information content (AvgIpc) is 2.29. The maximum atomic E-state index is 12.8. The standard InChI is InChI=1S/C14H18FNSi/c1-17(2,3)13-8-9-14(16-10-13)11-4-6-12(15)7-5-11/h4-10,14,16H,1-3H3. The molecule has 2 rings (SSSR count). The summed E-state index contributed by atoms with van der Waals surface area (Å²) in [7, 11) is -1.24. The van der Waals surface area contributed by atoms with E-state index in [4.69, 9.17) is 0 Å². The van der Waals surface area contributed by atoms with Crippen molar-refractivity contribution in [2.24, 2.45) is 0 Å². The van der Waals surface area contributed by atoms with E-state index in [1.807, 2.05) is 12.1 Å². The van der Waals surface area contributed by atoms with E-state index in [0.29, 0.717) is 0 Å². The molecule has 1 aromatic carbocycles. The van der Waals surface area contributed by atoms with Crippen LogP contribution in [0.3, 0.4) is 0 Å². The number of hydrogen-bond donors (Lipinski definition) is 1. The minimum atomic E-state index is -1.24. The van der Waals surface area contributed by atoms with E-state index in [1.54, 1.807) is 0 Å². The lowest BCUT2D eigenvalue weighted by Gasteiger charge is -2.25. The molecule has 90 valence electrons. The maximum Gasteiger partial charge on any atom is 0.123 e. The molecule has 1 N–H and O–H groups in total. The van der Waals surface area contributed by atoms with Gasteiger partial charge in [0.2, 0.25) is 0 Å². The molecule has 1 heterocycles. The number of nitrogens with one attached hydrogen (secondary N) is 1. The fourth-order valence-electron chi connectivity index (χ4n) is 1.83. The summed E-state index contributed by atoms with van der Waals surface area (Å²) in [5, 5.41) is 4.79. The van der Waals surface area contributed by atoms with Gasteiger partial charge in [0.1, 0.15) is 5.82 Å². The summed E-state index contributed by atoms with van der Waals surface area (Å²) in [5.74, 6) is -0.188. The van der Waals surface area contributed by atoms with Crippen LogP contribution in [0.2, 0.25) is 19.6 Å². The van der Waals surface area contributed by atoms with Gasteiger partial charge in [0, 0.05) is 0 Å². The largest absolute Gasteiger partial charge is 0.381 e. The Labute approximate surface area is 103 Å². The molecular weight excluding hydrogens is 229 g/mol. The van der Waals surface area contributed by atoms with Gasteiger partial charge in [-0.25, -0.2) is 4.39 Å². The number of rotatable bonds is 2. The second-order valence-corrected chi connectivity index (χ2v) is 10.5. The Balaban J connectivity index is 2.13. The number of benzene rings is 1. The van der Waals surface area contributed by atoms with E-state index in [1.165, 1.54) is 17.3 Å². The molecule has 1 nitrogen and oxygen atoms in total. The lowest BCUT2D eigenvalue weighted by molar-refractivity contribution is 0.625. The van der Waals surface area contributed by atoms with Crippen LogP contribution in [0.25, 0.3) is 0 Å². The molecular formula is C14H18FNSi. The first-order valence-corrected chi connectivity index (χ1v) is 9.37. The number of hydrogen-bond acceptors (Lipinski definition) is 1. The maximum absolute atomic E-state index is 12.8. The van der Waals surface area contributed by atoms with E-state index in [9.17, 15) is 4.39 Å². The smallest absolute Gasteiger partial charge is 0.123 e. The van der Waals surface area contributed by atoms with Crippen LogP contribution in [0.4, 0.5) is 4.39 Å². The molecule has 0 amide bonds. The second kappa shape index (κ2) is 4.49. The molecule has 1 atom stereocenters. The number of allylic oxidation sites excluding steroid dienone is 2. The first-order valence-electron chi connectivity index (χ1n) is 5.87. The SMILES string of the molecule is C[Si](C)(C)C1=CNC(c2ccc(F)cc2)C=C1. The van der Waals surface area contributed by atoms with Gasteiger partial charge in [-0.2, -0.15) is 0 Å². The van der Waals surface area contributed by atoms with E-state index in [0.717, 1.165) is 5.56 Å². The molecule has 0 saturated carbocycles. The zero-order valence-corrected chi connectivity index (χ0v) is 11.5. The fourth-order valence-corrected chi connectivity index (χ4v) is 2.94. The first-order chi connectivity index (χ1) is 7.97. The molecule has 0 spiro atoms. The summed E-state index contributed by atoms with van der Waals surface area (Å²) in [6.07, 6.45) is 6.47. The predicted octanol–water partition coefficient (Wildman–Crippen LogP) is 3.79. The molecule has 0 saturated heterocycles. The van der Waals surface area contributed by atoms with Gasteiger partial charge < -0.3 is 5.32 Å². The summed E-state index contributed by atoms with van der Waals surface area (Å²) in [5.41, 5.74) is 1.09. The highest BCUT2D eigenvalue weighted by atomic mass is 28.3. The zero-order valence-electron chi connectivity index (χ0n) is 10.5. The van der Waals surface area contributed by atoms with Crippen LogP contribution in [0.15, 0.2) is 47.8 Å². The third-order valence-corrected chi connectivity index (χ3v) is 5.02. The molecule has 0 fully saturated rings. The molecule has 0 aliphatic carbocycles. The summed E-state index contributed by atoms with van der Waals surface area (Å²) in [6, 6.07) is 6.82. The molecule has 3 heteroatoms. The van der Waals surface area contributed by atoms with Crippen molar-refractivity contribution in [3.63, 3.8) is 0 Å². The Kier molecular flexibility index (Phi) is 3.20. The average molecular weight is 247 g/mol. The minimum absolute atomic E-state index is 0.163. The van der Waals surface area contributed by atoms with Gasteiger partial charge in [0.05, 0.1) is 14.1 Å². The van der Waals surface area contributed by atoms with Gasteiger partial charge >= 0.3 is 0 Å². The minimum Gasteiger partial charge on any atom is -0.381 e. The normalized spacial score (nSPS) is 19.8. The Morgan fingerprint density at radius 1 is 1.12 bits per heavy atom. The van der Waals surface area contributed by atoms with E-state index < -0.39 is 8.07 Å². The van der Waals surface area contributed by atoms with Crippen LogP contribution in [0.5, 0.6) is 0 Å². The summed E-state index contributed by atoms with van der Waals surface area (Å²) in [6.45, 7) is 6.97. The molecule has 0 bridgehead atoms. The highest BCUT2D eigenvalue weighted by Gasteiger charge is 2.20. The first kappa shape index (κ1) is 12.1. The topological polar surface area (TPSA) is 12.0 Å². The van der Waals surface area contributed by atoms with Gasteiger partial charge in [-0.1, -0.05) is 43.9 Å². The third kappa shape index (κ3) is 2.85. The van der Waals surface area contributed by atoms with Crippen LogP contribution in [-0.2, 0) is 0 Å². The molecule has 1 unspecified atom stereocenters. The lowest BCUT2D eigenvalue weighted by Crippen LogP contribution is -2.28. The van der Waals surface area contributed by atoms with Crippen molar-refractivity contribution in [1.29, 1.82) is 0 Å². The Hall–Kier alpha value is -1.35. The summed E-state index contributed by atoms with van der Waals surface area (Å²) >= 11 is 0. The summed E-state index contributed by atoms with van der Waals surface area (Å²) < 4.78 is 12.8. The van der Waals surface area contributed by atoms with Crippen molar-refractivity contribution in [3.05, 3.63) is 59.2 Å². The Morgan fingerprint density at radius 3 is 2.24 bits per heavy atom. The van der Waals surface area contributed by atoms with Crippen LogP contribution >= 0.6 is 0 Å². The summed E-state index contributed by atoms with van der Waals surface area (Å²) in [4.78, 5) is 0. The van der Waals surface area contributed by atoms with Crippen molar-refractivity contribution in [1.82, 2.24) is 5.32 Å². The Morgan fingerprint density at radius 2 is 1.76 bits per heavy atom. The molecule has 1 aliphatic heterocycles. The molecule has 0 radical (unpaired) electrons.